The van der Waals surface area contributed by atoms with Crippen molar-refractivity contribution < 1.29 is 8.42 Å². The molecule has 5 nitrogen and oxygen atoms in total. The molecule has 7 heteroatoms. The van der Waals surface area contributed by atoms with Gasteiger partial charge in [-0.3, -0.25) is 0 Å². The fourth-order valence-electron chi connectivity index (χ4n) is 1.85. The van der Waals surface area contributed by atoms with E-state index in [0.29, 0.717) is 16.4 Å². The van der Waals surface area contributed by atoms with Crippen molar-refractivity contribution in [3.8, 4) is 0 Å². The molecule has 0 atom stereocenters. The second-order valence-electron chi connectivity index (χ2n) is 4.55. The lowest BCUT2D eigenvalue weighted by Gasteiger charge is -2.14. The maximum atomic E-state index is 12.1. The van der Waals surface area contributed by atoms with Gasteiger partial charge in [0.2, 0.25) is 10.0 Å². The number of benzene rings is 2. The van der Waals surface area contributed by atoms with Gasteiger partial charge in [-0.25, -0.2) is 13.1 Å². The summed E-state index contributed by atoms with van der Waals surface area (Å²) < 4.78 is 26.5. The van der Waals surface area contributed by atoms with E-state index >= 15 is 0 Å². The topological polar surface area (TPSA) is 84.2 Å². The molecule has 112 valence electrons. The lowest BCUT2D eigenvalue weighted by atomic mass is 10.2. The van der Waals surface area contributed by atoms with E-state index in [4.69, 9.17) is 17.3 Å². The van der Waals surface area contributed by atoms with Crippen molar-refractivity contribution in [2.75, 3.05) is 18.1 Å². The minimum absolute atomic E-state index is 0.0874. The first kappa shape index (κ1) is 15.6. The second kappa shape index (κ2) is 5.93. The Morgan fingerprint density at radius 3 is 2.48 bits per heavy atom. The number of sulfonamides is 1. The standard InChI is InChI=1S/C14H16ClN3O2S/c1-9-3-4-10(15)7-13(9)18-12-6-5-11(16)8-14(12)21(19,20)17-2/h3-8,17-18H,16H2,1-2H3. The van der Waals surface area contributed by atoms with Crippen molar-refractivity contribution in [3.63, 3.8) is 0 Å². The molecular formula is C14H16ClN3O2S. The molecular weight excluding hydrogens is 310 g/mol. The summed E-state index contributed by atoms with van der Waals surface area (Å²) in [5.74, 6) is 0. The second-order valence-corrected chi connectivity index (χ2v) is 6.84. The van der Waals surface area contributed by atoms with Gasteiger partial charge in [0.05, 0.1) is 5.69 Å². The Kier molecular flexibility index (Phi) is 4.41. The van der Waals surface area contributed by atoms with Gasteiger partial charge < -0.3 is 11.1 Å². The summed E-state index contributed by atoms with van der Waals surface area (Å²) in [6.07, 6.45) is 0. The third-order valence-corrected chi connectivity index (χ3v) is 4.72. The molecule has 2 aromatic carbocycles. The van der Waals surface area contributed by atoms with E-state index in [9.17, 15) is 8.42 Å². The van der Waals surface area contributed by atoms with Crippen molar-refractivity contribution in [2.45, 2.75) is 11.8 Å². The Hall–Kier alpha value is -1.76. The highest BCUT2D eigenvalue weighted by Crippen LogP contribution is 2.29. The van der Waals surface area contributed by atoms with E-state index in [0.717, 1.165) is 11.3 Å². The summed E-state index contributed by atoms with van der Waals surface area (Å²) in [6, 6.07) is 10.0. The van der Waals surface area contributed by atoms with Gasteiger partial charge in [0.1, 0.15) is 4.90 Å². The molecule has 2 rings (SSSR count). The number of hydrogen-bond donors (Lipinski definition) is 3. The van der Waals surface area contributed by atoms with Gasteiger partial charge in [0, 0.05) is 16.4 Å². The van der Waals surface area contributed by atoms with E-state index in [2.05, 4.69) is 10.0 Å². The number of rotatable bonds is 4. The monoisotopic (exact) mass is 325 g/mol. The molecule has 4 N–H and O–H groups in total. The molecule has 0 spiro atoms. The number of nitrogens with one attached hydrogen (secondary N) is 2. The van der Waals surface area contributed by atoms with Crippen LogP contribution in [-0.2, 0) is 10.0 Å². The zero-order valence-corrected chi connectivity index (χ0v) is 13.2. The minimum atomic E-state index is -3.62. The van der Waals surface area contributed by atoms with Crippen LogP contribution in [0.25, 0.3) is 0 Å². The number of anilines is 3. The lowest BCUT2D eigenvalue weighted by molar-refractivity contribution is 0.588. The van der Waals surface area contributed by atoms with Crippen LogP contribution in [0.1, 0.15) is 5.56 Å². The molecule has 0 unspecified atom stereocenters. The van der Waals surface area contributed by atoms with Crippen LogP contribution < -0.4 is 15.8 Å². The van der Waals surface area contributed by atoms with Gasteiger partial charge in [-0.1, -0.05) is 17.7 Å². The van der Waals surface area contributed by atoms with Crippen LogP contribution in [0.3, 0.4) is 0 Å². The quantitative estimate of drug-likeness (QED) is 0.755. The van der Waals surface area contributed by atoms with Gasteiger partial charge in [0.25, 0.3) is 0 Å². The SMILES string of the molecule is CNS(=O)(=O)c1cc(N)ccc1Nc1cc(Cl)ccc1C. The van der Waals surface area contributed by atoms with Crippen molar-refractivity contribution in [3.05, 3.63) is 47.0 Å². The van der Waals surface area contributed by atoms with Gasteiger partial charge >= 0.3 is 0 Å². The Balaban J connectivity index is 2.52. The lowest BCUT2D eigenvalue weighted by Crippen LogP contribution is -2.20. The molecule has 0 radical (unpaired) electrons. The van der Waals surface area contributed by atoms with Gasteiger partial charge in [0.15, 0.2) is 0 Å². The van der Waals surface area contributed by atoms with Crippen molar-refractivity contribution in [2.24, 2.45) is 0 Å². The first-order valence-corrected chi connectivity index (χ1v) is 8.06. The largest absolute Gasteiger partial charge is 0.399 e. The molecule has 0 aliphatic carbocycles. The van der Waals surface area contributed by atoms with Gasteiger partial charge in [-0.2, -0.15) is 0 Å². The average Bonchev–Trinajstić information content (AvgIpc) is 2.44. The van der Waals surface area contributed by atoms with E-state index < -0.39 is 10.0 Å². The molecule has 0 aliphatic rings. The van der Waals surface area contributed by atoms with Crippen LogP contribution in [0.2, 0.25) is 5.02 Å². The Morgan fingerprint density at radius 2 is 1.81 bits per heavy atom. The third kappa shape index (κ3) is 3.47. The predicted molar refractivity (Wildman–Crippen MR) is 86.6 cm³/mol. The predicted octanol–water partition coefficient (Wildman–Crippen LogP) is 2.88. The van der Waals surface area contributed by atoms with Crippen LogP contribution in [0.4, 0.5) is 17.1 Å². The van der Waals surface area contributed by atoms with E-state index in [-0.39, 0.29) is 4.90 Å². The molecule has 0 bridgehead atoms. The maximum Gasteiger partial charge on any atom is 0.242 e. The highest BCUT2D eigenvalue weighted by atomic mass is 35.5. The smallest absolute Gasteiger partial charge is 0.242 e. The number of nitrogens with two attached hydrogens (primary N) is 1. The van der Waals surface area contributed by atoms with Crippen molar-refractivity contribution >= 4 is 38.7 Å². The zero-order chi connectivity index (χ0) is 15.6. The van der Waals surface area contributed by atoms with Crippen LogP contribution >= 0.6 is 11.6 Å². The van der Waals surface area contributed by atoms with E-state index in [1.54, 1.807) is 24.3 Å². The van der Waals surface area contributed by atoms with Crippen LogP contribution in [0, 0.1) is 6.92 Å². The summed E-state index contributed by atoms with van der Waals surface area (Å²) in [6.45, 7) is 1.90. The number of halogens is 1. The molecule has 0 saturated carbocycles. The molecule has 2 aromatic rings. The first-order valence-electron chi connectivity index (χ1n) is 6.20. The first-order chi connectivity index (χ1) is 9.83. The number of nitrogen functional groups attached to an aromatic ring is 1. The Bertz CT molecular complexity index is 776. The zero-order valence-electron chi connectivity index (χ0n) is 11.6. The fraction of sp³-hybridized carbons (Fsp3) is 0.143. The van der Waals surface area contributed by atoms with Gasteiger partial charge in [-0.15, -0.1) is 0 Å². The molecule has 21 heavy (non-hydrogen) atoms. The molecule has 0 aromatic heterocycles. The van der Waals surface area contributed by atoms with Gasteiger partial charge in [-0.05, 0) is 49.9 Å². The average molecular weight is 326 g/mol. The van der Waals surface area contributed by atoms with Crippen LogP contribution in [-0.4, -0.2) is 15.5 Å². The molecule has 0 aliphatic heterocycles. The summed E-state index contributed by atoms with van der Waals surface area (Å²) in [5, 5.41) is 3.66. The molecule has 0 fully saturated rings. The molecule has 0 heterocycles. The maximum absolute atomic E-state index is 12.1. The summed E-state index contributed by atoms with van der Waals surface area (Å²) >= 11 is 5.97. The molecule has 0 amide bonds. The van der Waals surface area contributed by atoms with Crippen LogP contribution in [0.5, 0.6) is 0 Å². The van der Waals surface area contributed by atoms with E-state index in [1.165, 1.54) is 13.1 Å². The fourth-order valence-corrected chi connectivity index (χ4v) is 2.94. The Morgan fingerprint density at radius 1 is 1.10 bits per heavy atom. The highest BCUT2D eigenvalue weighted by Gasteiger charge is 2.17. The van der Waals surface area contributed by atoms with Crippen molar-refractivity contribution in [1.29, 1.82) is 0 Å². The number of aryl methyl sites for hydroxylation is 1. The summed E-state index contributed by atoms with van der Waals surface area (Å²) in [5.41, 5.74) is 8.18. The highest BCUT2D eigenvalue weighted by molar-refractivity contribution is 7.89. The third-order valence-electron chi connectivity index (χ3n) is 3.03. The summed E-state index contributed by atoms with van der Waals surface area (Å²) in [4.78, 5) is 0.0874. The Labute approximate surface area is 129 Å². The number of hydrogen-bond acceptors (Lipinski definition) is 4. The normalized spacial score (nSPS) is 11.4. The molecule has 0 saturated heterocycles. The van der Waals surface area contributed by atoms with Crippen LogP contribution in [0.15, 0.2) is 41.3 Å². The van der Waals surface area contributed by atoms with Crippen molar-refractivity contribution in [1.82, 2.24) is 4.72 Å². The minimum Gasteiger partial charge on any atom is -0.399 e. The van der Waals surface area contributed by atoms with E-state index in [1.807, 2.05) is 13.0 Å². The summed E-state index contributed by atoms with van der Waals surface area (Å²) in [7, 11) is -2.27.